The van der Waals surface area contributed by atoms with Gasteiger partial charge in [0.15, 0.2) is 0 Å². The summed E-state index contributed by atoms with van der Waals surface area (Å²) in [6.45, 7) is 2.14. The molecule has 0 aliphatic heterocycles. The molecule has 0 fully saturated rings. The third-order valence-corrected chi connectivity index (χ3v) is 3.51. The first kappa shape index (κ1) is 13.1. The van der Waals surface area contributed by atoms with Crippen LogP contribution >= 0.6 is 0 Å². The van der Waals surface area contributed by atoms with E-state index in [-0.39, 0.29) is 0 Å². The van der Waals surface area contributed by atoms with Gasteiger partial charge in [-0.1, -0.05) is 13.0 Å². The highest BCUT2D eigenvalue weighted by molar-refractivity contribution is 5.93. The Hall–Kier alpha value is -2.86. The summed E-state index contributed by atoms with van der Waals surface area (Å²) in [6.07, 6.45) is 2.81. The number of fused-ring (bicyclic) bond motifs is 1. The second-order valence-electron chi connectivity index (χ2n) is 4.88. The maximum Gasteiger partial charge on any atom is 0.0991 e. The Morgan fingerprint density at radius 1 is 1.10 bits per heavy atom. The van der Waals surface area contributed by atoms with Crippen LogP contribution in [-0.2, 0) is 6.42 Å². The van der Waals surface area contributed by atoms with E-state index in [1.54, 1.807) is 6.20 Å². The van der Waals surface area contributed by atoms with Gasteiger partial charge in [0, 0.05) is 23.0 Å². The lowest BCUT2D eigenvalue weighted by Gasteiger charge is -2.10. The van der Waals surface area contributed by atoms with E-state index in [1.807, 2.05) is 30.3 Å². The van der Waals surface area contributed by atoms with Crippen molar-refractivity contribution in [2.75, 3.05) is 5.32 Å². The number of nitrogens with zero attached hydrogens (tertiary/aromatic N) is 2. The number of hydrogen-bond acceptors (Lipinski definition) is 3. The fourth-order valence-electron chi connectivity index (χ4n) is 2.31. The van der Waals surface area contributed by atoms with Crippen LogP contribution in [0, 0.1) is 11.3 Å². The molecule has 102 valence electrons. The number of hydrogen-bond donors (Lipinski definition) is 1. The van der Waals surface area contributed by atoms with Gasteiger partial charge in [-0.3, -0.25) is 4.98 Å². The highest BCUT2D eigenvalue weighted by atomic mass is 14.9. The Morgan fingerprint density at radius 2 is 1.90 bits per heavy atom. The van der Waals surface area contributed by atoms with Crippen LogP contribution in [0.1, 0.15) is 18.1 Å². The summed E-state index contributed by atoms with van der Waals surface area (Å²) < 4.78 is 0. The van der Waals surface area contributed by atoms with Crippen LogP contribution in [0.2, 0.25) is 0 Å². The van der Waals surface area contributed by atoms with Gasteiger partial charge in [-0.25, -0.2) is 0 Å². The number of anilines is 2. The van der Waals surface area contributed by atoms with Crippen molar-refractivity contribution in [3.63, 3.8) is 0 Å². The molecule has 1 aromatic heterocycles. The first-order chi connectivity index (χ1) is 10.3. The van der Waals surface area contributed by atoms with E-state index in [9.17, 15) is 0 Å². The minimum atomic E-state index is 0.661. The van der Waals surface area contributed by atoms with E-state index in [0.29, 0.717) is 5.56 Å². The molecule has 1 heterocycles. The van der Waals surface area contributed by atoms with Gasteiger partial charge in [0.1, 0.15) is 0 Å². The molecule has 0 aliphatic carbocycles. The summed E-state index contributed by atoms with van der Waals surface area (Å²) in [5.74, 6) is 0. The lowest BCUT2D eigenvalue weighted by molar-refractivity contribution is 1.14. The minimum Gasteiger partial charge on any atom is -0.355 e. The Kier molecular flexibility index (Phi) is 3.53. The van der Waals surface area contributed by atoms with Gasteiger partial charge < -0.3 is 5.32 Å². The highest BCUT2D eigenvalue weighted by Crippen LogP contribution is 2.26. The quantitative estimate of drug-likeness (QED) is 0.768. The molecule has 0 amide bonds. The minimum absolute atomic E-state index is 0.661. The first-order valence-corrected chi connectivity index (χ1v) is 6.95. The second-order valence-corrected chi connectivity index (χ2v) is 4.88. The van der Waals surface area contributed by atoms with Gasteiger partial charge in [-0.2, -0.15) is 5.26 Å². The standard InChI is InChI=1S/C18H15N3/c1-2-13-5-8-17-16(11-13)18(9-10-20-17)21-15-6-3-14(12-19)4-7-15/h3-11H,2H2,1H3,(H,20,21). The normalized spacial score (nSPS) is 10.3. The van der Waals surface area contributed by atoms with Gasteiger partial charge in [0.05, 0.1) is 17.1 Å². The number of pyridine rings is 1. The molecule has 0 saturated carbocycles. The molecule has 3 nitrogen and oxygen atoms in total. The second kappa shape index (κ2) is 5.64. The molecular weight excluding hydrogens is 258 g/mol. The van der Waals surface area contributed by atoms with E-state index in [4.69, 9.17) is 5.26 Å². The molecule has 0 atom stereocenters. The summed E-state index contributed by atoms with van der Waals surface area (Å²) in [5, 5.41) is 13.4. The lowest BCUT2D eigenvalue weighted by atomic mass is 10.1. The van der Waals surface area contributed by atoms with Crippen LogP contribution in [-0.4, -0.2) is 4.98 Å². The first-order valence-electron chi connectivity index (χ1n) is 6.95. The molecule has 2 aromatic carbocycles. The summed E-state index contributed by atoms with van der Waals surface area (Å²) in [6, 6.07) is 17.9. The molecule has 0 bridgehead atoms. The van der Waals surface area contributed by atoms with Crippen molar-refractivity contribution in [3.8, 4) is 6.07 Å². The van der Waals surface area contributed by atoms with Gasteiger partial charge >= 0.3 is 0 Å². The lowest BCUT2D eigenvalue weighted by Crippen LogP contribution is -1.93. The Labute approximate surface area is 123 Å². The molecule has 3 rings (SSSR count). The summed E-state index contributed by atoms with van der Waals surface area (Å²) in [7, 11) is 0. The molecule has 0 unspecified atom stereocenters. The van der Waals surface area contributed by atoms with E-state index in [2.05, 4.69) is 41.5 Å². The predicted molar refractivity (Wildman–Crippen MR) is 85.6 cm³/mol. The number of aromatic nitrogens is 1. The number of rotatable bonds is 3. The van der Waals surface area contributed by atoms with Crippen LogP contribution in [0.25, 0.3) is 10.9 Å². The molecule has 0 radical (unpaired) electrons. The summed E-state index contributed by atoms with van der Waals surface area (Å²) >= 11 is 0. The Bertz CT molecular complexity index is 814. The molecule has 3 aromatic rings. The molecule has 0 aliphatic rings. The maximum atomic E-state index is 8.84. The summed E-state index contributed by atoms with van der Waals surface area (Å²) in [4.78, 5) is 4.40. The van der Waals surface area contributed by atoms with Gasteiger partial charge in [0.25, 0.3) is 0 Å². The van der Waals surface area contributed by atoms with E-state index < -0.39 is 0 Å². The van der Waals surface area contributed by atoms with Crippen LogP contribution in [0.15, 0.2) is 54.7 Å². The third-order valence-electron chi connectivity index (χ3n) is 3.51. The third kappa shape index (κ3) is 2.70. The van der Waals surface area contributed by atoms with E-state index in [1.165, 1.54) is 5.56 Å². The SMILES string of the molecule is CCc1ccc2nccc(Nc3ccc(C#N)cc3)c2c1. The van der Waals surface area contributed by atoms with Crippen LogP contribution in [0.4, 0.5) is 11.4 Å². The zero-order valence-electron chi connectivity index (χ0n) is 11.8. The van der Waals surface area contributed by atoms with Gasteiger partial charge in [0.2, 0.25) is 0 Å². The van der Waals surface area contributed by atoms with Crippen molar-refractivity contribution in [2.45, 2.75) is 13.3 Å². The van der Waals surface area contributed by atoms with Crippen molar-refractivity contribution in [2.24, 2.45) is 0 Å². The molecule has 21 heavy (non-hydrogen) atoms. The smallest absolute Gasteiger partial charge is 0.0991 e. The number of benzene rings is 2. The predicted octanol–water partition coefficient (Wildman–Crippen LogP) is 4.41. The van der Waals surface area contributed by atoms with Gasteiger partial charge in [-0.05, 0) is 54.4 Å². The van der Waals surface area contributed by atoms with Crippen LogP contribution < -0.4 is 5.32 Å². The molecule has 3 heteroatoms. The number of nitrogens with one attached hydrogen (secondary N) is 1. The van der Waals surface area contributed by atoms with Crippen molar-refractivity contribution in [1.29, 1.82) is 5.26 Å². The Morgan fingerprint density at radius 3 is 2.62 bits per heavy atom. The Balaban J connectivity index is 2.01. The summed E-state index contributed by atoms with van der Waals surface area (Å²) in [5.41, 5.74) is 4.92. The average molecular weight is 273 g/mol. The van der Waals surface area contributed by atoms with E-state index in [0.717, 1.165) is 28.7 Å². The number of nitriles is 1. The van der Waals surface area contributed by atoms with Crippen molar-refractivity contribution >= 4 is 22.3 Å². The monoisotopic (exact) mass is 273 g/mol. The molecule has 0 spiro atoms. The average Bonchev–Trinajstić information content (AvgIpc) is 2.55. The fraction of sp³-hybridized carbons (Fsp3) is 0.111. The van der Waals surface area contributed by atoms with Crippen LogP contribution in [0.5, 0.6) is 0 Å². The van der Waals surface area contributed by atoms with Crippen molar-refractivity contribution in [1.82, 2.24) is 4.98 Å². The van der Waals surface area contributed by atoms with Crippen LogP contribution in [0.3, 0.4) is 0 Å². The largest absolute Gasteiger partial charge is 0.355 e. The van der Waals surface area contributed by atoms with Crippen molar-refractivity contribution in [3.05, 3.63) is 65.9 Å². The molecule has 1 N–H and O–H groups in total. The van der Waals surface area contributed by atoms with E-state index >= 15 is 0 Å². The topological polar surface area (TPSA) is 48.7 Å². The zero-order valence-corrected chi connectivity index (χ0v) is 11.8. The fourth-order valence-corrected chi connectivity index (χ4v) is 2.31. The van der Waals surface area contributed by atoms with Gasteiger partial charge in [-0.15, -0.1) is 0 Å². The zero-order chi connectivity index (χ0) is 14.7. The number of aryl methyl sites for hydroxylation is 1. The molecular formula is C18H15N3. The van der Waals surface area contributed by atoms with Crippen molar-refractivity contribution < 1.29 is 0 Å². The highest BCUT2D eigenvalue weighted by Gasteiger charge is 2.03. The molecule has 0 saturated heterocycles. The maximum absolute atomic E-state index is 8.84.